The molecule has 1 nitrogen and oxygen atoms in total. The normalized spacial score (nSPS) is 12.1. The summed E-state index contributed by atoms with van der Waals surface area (Å²) in [5.41, 5.74) is 0.303. The average molecular weight is 278 g/mol. The van der Waals surface area contributed by atoms with Gasteiger partial charge < -0.3 is 4.74 Å². The molecule has 0 aliphatic heterocycles. The summed E-state index contributed by atoms with van der Waals surface area (Å²) in [6, 6.07) is 5.30. The monoisotopic (exact) mass is 278 g/mol. The van der Waals surface area contributed by atoms with Crippen LogP contribution in [0, 0.1) is 0 Å². The minimum atomic E-state index is -4.25. The van der Waals surface area contributed by atoms with Crippen molar-refractivity contribution < 1.29 is 17.9 Å². The summed E-state index contributed by atoms with van der Waals surface area (Å²) in [5.74, 6) is 1.55. The molecule has 0 amide bonds. The Bertz CT molecular complexity index is 346. The zero-order valence-electron chi connectivity index (χ0n) is 10.5. The van der Waals surface area contributed by atoms with Crippen molar-refractivity contribution in [1.82, 2.24) is 0 Å². The van der Waals surface area contributed by atoms with Gasteiger partial charge in [0.1, 0.15) is 0 Å². The summed E-state index contributed by atoms with van der Waals surface area (Å²) >= 11 is 1.66. The fourth-order valence-electron chi connectivity index (χ4n) is 1.32. The summed E-state index contributed by atoms with van der Waals surface area (Å²) in [6.07, 6.45) is -4.03. The largest absolute Gasteiger partial charge is 0.416 e. The molecular formula is C13H17F3OS. The highest BCUT2D eigenvalue weighted by Gasteiger charge is 2.29. The molecule has 0 fully saturated rings. The van der Waals surface area contributed by atoms with Crippen LogP contribution in [0.4, 0.5) is 13.2 Å². The van der Waals surface area contributed by atoms with E-state index in [9.17, 15) is 13.2 Å². The van der Waals surface area contributed by atoms with Crippen LogP contribution in [0.15, 0.2) is 24.3 Å². The third-order valence-electron chi connectivity index (χ3n) is 2.23. The minimum absolute atomic E-state index is 0.219. The maximum absolute atomic E-state index is 12.3. The second-order valence-electron chi connectivity index (χ2n) is 4.17. The van der Waals surface area contributed by atoms with Gasteiger partial charge in [0.25, 0.3) is 0 Å². The second-order valence-corrected chi connectivity index (χ2v) is 5.27. The SMILES string of the molecule is CC(C)OCCSCc1ccc(C(F)(F)F)cc1. The van der Waals surface area contributed by atoms with E-state index < -0.39 is 11.7 Å². The lowest BCUT2D eigenvalue weighted by molar-refractivity contribution is -0.137. The van der Waals surface area contributed by atoms with Gasteiger partial charge in [-0.15, -0.1) is 0 Å². The number of alkyl halides is 3. The zero-order valence-corrected chi connectivity index (χ0v) is 11.3. The molecular weight excluding hydrogens is 261 g/mol. The van der Waals surface area contributed by atoms with E-state index in [2.05, 4.69) is 0 Å². The van der Waals surface area contributed by atoms with Crippen molar-refractivity contribution in [2.45, 2.75) is 31.9 Å². The number of rotatable bonds is 6. The van der Waals surface area contributed by atoms with Gasteiger partial charge in [0.15, 0.2) is 0 Å². The van der Waals surface area contributed by atoms with Gasteiger partial charge in [-0.1, -0.05) is 12.1 Å². The van der Waals surface area contributed by atoms with E-state index in [1.54, 1.807) is 11.8 Å². The highest BCUT2D eigenvalue weighted by Crippen LogP contribution is 2.29. The molecule has 0 saturated heterocycles. The third-order valence-corrected chi connectivity index (χ3v) is 3.22. The van der Waals surface area contributed by atoms with Crippen molar-refractivity contribution in [3.05, 3.63) is 35.4 Å². The molecule has 0 radical (unpaired) electrons. The van der Waals surface area contributed by atoms with Gasteiger partial charge >= 0.3 is 6.18 Å². The number of hydrogen-bond donors (Lipinski definition) is 0. The van der Waals surface area contributed by atoms with Gasteiger partial charge in [-0.3, -0.25) is 0 Å². The van der Waals surface area contributed by atoms with Crippen molar-refractivity contribution >= 4 is 11.8 Å². The molecule has 0 aliphatic carbocycles. The predicted octanol–water partition coefficient (Wildman–Crippen LogP) is 4.36. The number of thioether (sulfide) groups is 1. The van der Waals surface area contributed by atoms with Crippen molar-refractivity contribution in [1.29, 1.82) is 0 Å². The first-order chi connectivity index (χ1) is 8.39. The van der Waals surface area contributed by atoms with Crippen LogP contribution in [0.1, 0.15) is 25.0 Å². The van der Waals surface area contributed by atoms with E-state index in [4.69, 9.17) is 4.74 Å². The Kier molecular flexibility index (Phi) is 6.02. The van der Waals surface area contributed by atoms with Gasteiger partial charge in [-0.2, -0.15) is 24.9 Å². The van der Waals surface area contributed by atoms with Gasteiger partial charge in [0.2, 0.25) is 0 Å². The van der Waals surface area contributed by atoms with Gasteiger partial charge in [0, 0.05) is 11.5 Å². The van der Waals surface area contributed by atoms with Crippen LogP contribution in [0.5, 0.6) is 0 Å². The number of ether oxygens (including phenoxy) is 1. The molecule has 1 aromatic rings. The molecule has 0 bridgehead atoms. The molecule has 0 N–H and O–H groups in total. The minimum Gasteiger partial charge on any atom is -0.378 e. The summed E-state index contributed by atoms with van der Waals surface area (Å²) in [5, 5.41) is 0. The van der Waals surface area contributed by atoms with Crippen LogP contribution in [-0.2, 0) is 16.7 Å². The molecule has 102 valence electrons. The topological polar surface area (TPSA) is 9.23 Å². The molecule has 1 aromatic carbocycles. The first kappa shape index (κ1) is 15.4. The quantitative estimate of drug-likeness (QED) is 0.715. The van der Waals surface area contributed by atoms with Crippen LogP contribution >= 0.6 is 11.8 Å². The summed E-state index contributed by atoms with van der Waals surface area (Å²) in [6.45, 7) is 4.62. The molecule has 0 aromatic heterocycles. The van der Waals surface area contributed by atoms with Crippen LogP contribution in [0.3, 0.4) is 0 Å². The maximum Gasteiger partial charge on any atom is 0.416 e. The first-order valence-corrected chi connectivity index (χ1v) is 6.90. The van der Waals surface area contributed by atoms with Gasteiger partial charge in [-0.05, 0) is 31.5 Å². The number of hydrogen-bond acceptors (Lipinski definition) is 2. The summed E-state index contributed by atoms with van der Waals surface area (Å²) in [4.78, 5) is 0. The first-order valence-electron chi connectivity index (χ1n) is 5.75. The highest BCUT2D eigenvalue weighted by molar-refractivity contribution is 7.98. The Morgan fingerprint density at radius 3 is 2.28 bits per heavy atom. The van der Waals surface area contributed by atoms with Gasteiger partial charge in [0.05, 0.1) is 18.3 Å². The highest BCUT2D eigenvalue weighted by atomic mass is 32.2. The standard InChI is InChI=1S/C13H17F3OS/c1-10(2)17-7-8-18-9-11-3-5-12(6-4-11)13(14,15)16/h3-6,10H,7-9H2,1-2H3. The Morgan fingerprint density at radius 2 is 1.78 bits per heavy atom. The van der Waals surface area contributed by atoms with Crippen LogP contribution in [0.2, 0.25) is 0 Å². The van der Waals surface area contributed by atoms with Crippen LogP contribution in [0.25, 0.3) is 0 Å². The second kappa shape index (κ2) is 7.04. The van der Waals surface area contributed by atoms with E-state index in [1.807, 2.05) is 13.8 Å². The van der Waals surface area contributed by atoms with Crippen molar-refractivity contribution in [2.24, 2.45) is 0 Å². The molecule has 0 saturated carbocycles. The molecule has 0 heterocycles. The third kappa shape index (κ3) is 5.78. The molecule has 18 heavy (non-hydrogen) atoms. The molecule has 0 atom stereocenters. The van der Waals surface area contributed by atoms with E-state index in [0.717, 1.165) is 23.4 Å². The van der Waals surface area contributed by atoms with E-state index in [1.165, 1.54) is 12.1 Å². The zero-order chi connectivity index (χ0) is 13.6. The number of halogens is 3. The summed E-state index contributed by atoms with van der Waals surface area (Å²) in [7, 11) is 0. The number of benzene rings is 1. The predicted molar refractivity (Wildman–Crippen MR) is 68.7 cm³/mol. The average Bonchev–Trinajstić information content (AvgIpc) is 2.27. The Balaban J connectivity index is 2.31. The fourth-order valence-corrected chi connectivity index (χ4v) is 2.11. The smallest absolute Gasteiger partial charge is 0.378 e. The Hall–Kier alpha value is -0.680. The van der Waals surface area contributed by atoms with E-state index in [-0.39, 0.29) is 6.10 Å². The van der Waals surface area contributed by atoms with Crippen molar-refractivity contribution in [3.63, 3.8) is 0 Å². The molecule has 0 unspecified atom stereocenters. The molecule has 0 spiro atoms. The van der Waals surface area contributed by atoms with Gasteiger partial charge in [-0.25, -0.2) is 0 Å². The van der Waals surface area contributed by atoms with E-state index >= 15 is 0 Å². The lowest BCUT2D eigenvalue weighted by Crippen LogP contribution is -2.06. The molecule has 0 aliphatic rings. The molecule has 1 rings (SSSR count). The van der Waals surface area contributed by atoms with Crippen molar-refractivity contribution in [3.8, 4) is 0 Å². The summed E-state index contributed by atoms with van der Waals surface area (Å²) < 4.78 is 42.4. The Morgan fingerprint density at radius 1 is 1.17 bits per heavy atom. The van der Waals surface area contributed by atoms with Crippen LogP contribution < -0.4 is 0 Å². The lowest BCUT2D eigenvalue weighted by Gasteiger charge is -2.08. The van der Waals surface area contributed by atoms with Crippen LogP contribution in [-0.4, -0.2) is 18.5 Å². The van der Waals surface area contributed by atoms with E-state index in [0.29, 0.717) is 12.4 Å². The Labute approximate surface area is 110 Å². The van der Waals surface area contributed by atoms with Crippen molar-refractivity contribution in [2.75, 3.05) is 12.4 Å². The maximum atomic E-state index is 12.3. The molecule has 5 heteroatoms. The fraction of sp³-hybridized carbons (Fsp3) is 0.538. The lowest BCUT2D eigenvalue weighted by atomic mass is 10.1.